The van der Waals surface area contributed by atoms with E-state index in [1.807, 2.05) is 37.3 Å². The zero-order valence-corrected chi connectivity index (χ0v) is 14.3. The minimum absolute atomic E-state index is 0.0523. The summed E-state index contributed by atoms with van der Waals surface area (Å²) in [7, 11) is 0. The van der Waals surface area contributed by atoms with Gasteiger partial charge in [0.05, 0.1) is 19.3 Å². The molecule has 4 nitrogen and oxygen atoms in total. The van der Waals surface area contributed by atoms with Gasteiger partial charge in [-0.15, -0.1) is 0 Å². The normalized spacial score (nSPS) is 16.8. The summed E-state index contributed by atoms with van der Waals surface area (Å²) in [5.41, 5.74) is 1.59. The predicted molar refractivity (Wildman–Crippen MR) is 93.5 cm³/mol. The molecule has 0 aromatic heterocycles. The molecule has 1 atom stereocenters. The van der Waals surface area contributed by atoms with Crippen LogP contribution in [0.25, 0.3) is 0 Å². The predicted octanol–water partition coefficient (Wildman–Crippen LogP) is 3.98. The highest BCUT2D eigenvalue weighted by atomic mass is 16.5. The molecule has 0 bridgehead atoms. The highest BCUT2D eigenvalue weighted by Gasteiger charge is 2.25. The number of fused-ring (bicyclic) bond motifs is 1. The van der Waals surface area contributed by atoms with E-state index in [4.69, 9.17) is 9.47 Å². The summed E-state index contributed by atoms with van der Waals surface area (Å²) in [5, 5.41) is 3.02. The number of carbonyl (C=O) groups excluding carboxylic acids is 1. The summed E-state index contributed by atoms with van der Waals surface area (Å²) in [6.45, 7) is 7.31. The number of hydrogen-bond acceptors (Lipinski definition) is 3. The van der Waals surface area contributed by atoms with Crippen molar-refractivity contribution in [3.63, 3.8) is 0 Å². The van der Waals surface area contributed by atoms with Crippen molar-refractivity contribution in [3.05, 3.63) is 59.7 Å². The second-order valence-corrected chi connectivity index (χ2v) is 7.01. The van der Waals surface area contributed by atoms with Crippen molar-refractivity contribution in [2.24, 2.45) is 5.41 Å². The van der Waals surface area contributed by atoms with Gasteiger partial charge in [-0.3, -0.25) is 4.79 Å². The first kappa shape index (κ1) is 16.4. The minimum Gasteiger partial charge on any atom is -0.489 e. The summed E-state index contributed by atoms with van der Waals surface area (Å²) in [6.07, 6.45) is 0. The van der Waals surface area contributed by atoms with E-state index in [1.54, 1.807) is 18.2 Å². The van der Waals surface area contributed by atoms with Gasteiger partial charge < -0.3 is 14.8 Å². The van der Waals surface area contributed by atoms with Crippen molar-refractivity contribution >= 4 is 5.91 Å². The maximum Gasteiger partial charge on any atom is 0.251 e. The molecule has 2 aromatic rings. The van der Waals surface area contributed by atoms with Gasteiger partial charge in [0, 0.05) is 11.0 Å². The molecule has 0 saturated carbocycles. The van der Waals surface area contributed by atoms with Crippen LogP contribution >= 0.6 is 0 Å². The molecule has 2 aromatic carbocycles. The number of ether oxygens (including phenoxy) is 2. The summed E-state index contributed by atoms with van der Waals surface area (Å²) in [6, 6.07) is 15.2. The third kappa shape index (κ3) is 3.70. The van der Waals surface area contributed by atoms with Crippen LogP contribution in [-0.4, -0.2) is 19.1 Å². The lowest BCUT2D eigenvalue weighted by molar-refractivity contribution is 0.0939. The minimum atomic E-state index is -0.124. The molecule has 1 heterocycles. The lowest BCUT2D eigenvalue weighted by Crippen LogP contribution is -2.26. The molecule has 0 aliphatic carbocycles. The molecule has 1 aliphatic heterocycles. The molecule has 24 heavy (non-hydrogen) atoms. The van der Waals surface area contributed by atoms with Crippen LogP contribution in [0.5, 0.6) is 11.5 Å². The van der Waals surface area contributed by atoms with Crippen molar-refractivity contribution in [3.8, 4) is 11.5 Å². The Hall–Kier alpha value is -2.49. The van der Waals surface area contributed by atoms with Crippen LogP contribution in [0.4, 0.5) is 0 Å². The van der Waals surface area contributed by atoms with Gasteiger partial charge in [0.25, 0.3) is 5.91 Å². The number of hydrogen-bond donors (Lipinski definition) is 1. The fraction of sp³-hybridized carbons (Fsp3) is 0.350. The van der Waals surface area contributed by atoms with Crippen LogP contribution < -0.4 is 14.8 Å². The molecule has 1 N–H and O–H groups in total. The first-order valence-corrected chi connectivity index (χ1v) is 8.20. The number of rotatable bonds is 3. The van der Waals surface area contributed by atoms with Crippen LogP contribution in [0.3, 0.4) is 0 Å². The van der Waals surface area contributed by atoms with Crippen molar-refractivity contribution in [2.45, 2.75) is 26.8 Å². The van der Waals surface area contributed by atoms with E-state index in [0.29, 0.717) is 30.3 Å². The highest BCUT2D eigenvalue weighted by Crippen LogP contribution is 2.34. The molecule has 3 rings (SSSR count). The average Bonchev–Trinajstić information content (AvgIpc) is 2.74. The SMILES string of the molecule is CC(NC(=O)c1ccc2c(c1)OCC(C)(C)CO2)c1ccccc1. The van der Waals surface area contributed by atoms with Gasteiger partial charge in [-0.05, 0) is 30.7 Å². The Kier molecular flexibility index (Phi) is 4.47. The highest BCUT2D eigenvalue weighted by molar-refractivity contribution is 5.95. The summed E-state index contributed by atoms with van der Waals surface area (Å²) in [4.78, 5) is 12.5. The second-order valence-electron chi connectivity index (χ2n) is 7.01. The van der Waals surface area contributed by atoms with Crippen LogP contribution in [0.15, 0.2) is 48.5 Å². The Labute approximate surface area is 142 Å². The second kappa shape index (κ2) is 6.56. The molecule has 1 aliphatic rings. The van der Waals surface area contributed by atoms with Crippen LogP contribution in [-0.2, 0) is 0 Å². The van der Waals surface area contributed by atoms with Gasteiger partial charge in [-0.25, -0.2) is 0 Å². The lowest BCUT2D eigenvalue weighted by atomic mass is 9.97. The zero-order valence-electron chi connectivity index (χ0n) is 14.3. The van der Waals surface area contributed by atoms with Gasteiger partial charge in [-0.1, -0.05) is 44.2 Å². The van der Waals surface area contributed by atoms with Crippen molar-refractivity contribution < 1.29 is 14.3 Å². The van der Waals surface area contributed by atoms with E-state index < -0.39 is 0 Å². The maximum absolute atomic E-state index is 12.5. The zero-order chi connectivity index (χ0) is 17.2. The molecule has 4 heteroatoms. The quantitative estimate of drug-likeness (QED) is 0.928. The van der Waals surface area contributed by atoms with Gasteiger partial charge in [0.1, 0.15) is 0 Å². The Bertz CT molecular complexity index is 725. The Morgan fingerprint density at radius 1 is 1.04 bits per heavy atom. The third-order valence-corrected chi connectivity index (χ3v) is 4.09. The summed E-state index contributed by atoms with van der Waals surface area (Å²) in [5.74, 6) is 1.19. The number of carbonyl (C=O) groups is 1. The molecule has 126 valence electrons. The Balaban J connectivity index is 1.74. The van der Waals surface area contributed by atoms with Gasteiger partial charge in [0.2, 0.25) is 0 Å². The Morgan fingerprint density at radius 3 is 2.42 bits per heavy atom. The number of amides is 1. The fourth-order valence-corrected chi connectivity index (χ4v) is 2.57. The molecular weight excluding hydrogens is 302 g/mol. The topological polar surface area (TPSA) is 47.6 Å². The largest absolute Gasteiger partial charge is 0.489 e. The average molecular weight is 325 g/mol. The first-order chi connectivity index (χ1) is 11.4. The van der Waals surface area contributed by atoms with E-state index in [-0.39, 0.29) is 17.4 Å². The van der Waals surface area contributed by atoms with Gasteiger partial charge in [0.15, 0.2) is 11.5 Å². The number of benzene rings is 2. The van der Waals surface area contributed by atoms with Gasteiger partial charge >= 0.3 is 0 Å². The third-order valence-electron chi connectivity index (χ3n) is 4.09. The van der Waals surface area contributed by atoms with E-state index >= 15 is 0 Å². The number of nitrogens with one attached hydrogen (secondary N) is 1. The molecule has 1 unspecified atom stereocenters. The van der Waals surface area contributed by atoms with E-state index in [1.165, 1.54) is 0 Å². The van der Waals surface area contributed by atoms with Crippen LogP contribution in [0, 0.1) is 5.41 Å². The first-order valence-electron chi connectivity index (χ1n) is 8.20. The van der Waals surface area contributed by atoms with Crippen LogP contribution in [0.1, 0.15) is 42.7 Å². The monoisotopic (exact) mass is 325 g/mol. The Morgan fingerprint density at radius 2 is 1.71 bits per heavy atom. The fourth-order valence-electron chi connectivity index (χ4n) is 2.57. The summed E-state index contributed by atoms with van der Waals surface area (Å²) >= 11 is 0. The standard InChI is InChI=1S/C20H23NO3/c1-14(15-7-5-4-6-8-15)21-19(22)16-9-10-17-18(11-16)24-13-20(2,3)12-23-17/h4-11,14H,12-13H2,1-3H3,(H,21,22). The maximum atomic E-state index is 12.5. The lowest BCUT2D eigenvalue weighted by Gasteiger charge is -2.19. The van der Waals surface area contributed by atoms with Crippen molar-refractivity contribution in [2.75, 3.05) is 13.2 Å². The summed E-state index contributed by atoms with van der Waals surface area (Å²) < 4.78 is 11.6. The molecule has 0 saturated heterocycles. The van der Waals surface area contributed by atoms with E-state index in [2.05, 4.69) is 19.2 Å². The molecule has 0 radical (unpaired) electrons. The van der Waals surface area contributed by atoms with Crippen LogP contribution in [0.2, 0.25) is 0 Å². The van der Waals surface area contributed by atoms with E-state index in [9.17, 15) is 4.79 Å². The van der Waals surface area contributed by atoms with Gasteiger partial charge in [-0.2, -0.15) is 0 Å². The van der Waals surface area contributed by atoms with Crippen molar-refractivity contribution in [1.82, 2.24) is 5.32 Å². The molecule has 0 fully saturated rings. The molecule has 1 amide bonds. The molecular formula is C20H23NO3. The smallest absolute Gasteiger partial charge is 0.251 e. The van der Waals surface area contributed by atoms with E-state index in [0.717, 1.165) is 5.56 Å². The molecule has 0 spiro atoms. The van der Waals surface area contributed by atoms with Crippen molar-refractivity contribution in [1.29, 1.82) is 0 Å².